The number of hydrogen-bond donors (Lipinski definition) is 0. The van der Waals surface area contributed by atoms with E-state index in [1.807, 2.05) is 45.0 Å². The molecule has 0 fully saturated rings. The number of carbonyl (C=O) groups excluding carboxylic acids is 2. The van der Waals surface area contributed by atoms with Crippen LogP contribution < -0.4 is 0 Å². The van der Waals surface area contributed by atoms with Gasteiger partial charge in [0.1, 0.15) is 5.76 Å². The van der Waals surface area contributed by atoms with Crippen molar-refractivity contribution < 1.29 is 14.3 Å². The molecular weight excluding hydrogens is 384 g/mol. The van der Waals surface area contributed by atoms with Crippen molar-refractivity contribution in [1.29, 1.82) is 0 Å². The fourth-order valence-electron chi connectivity index (χ4n) is 3.61. The standard InChI is InChI=1S/C28H38O3/c1-21(2)12-11-18-28(6)19-17-23(24(29)20-28)25(31-26(30)27(3,4)5)16-10-15-22-13-8-7-9-14-22/h7-9,12-14,17,19H,10-11,15-16,18,20H2,1-6H3/b25-23+/t28-/m1/s1. The van der Waals surface area contributed by atoms with Gasteiger partial charge in [0, 0.05) is 12.8 Å². The van der Waals surface area contributed by atoms with E-state index in [2.05, 4.69) is 45.1 Å². The topological polar surface area (TPSA) is 43.4 Å². The minimum atomic E-state index is -0.620. The predicted octanol–water partition coefficient (Wildman–Crippen LogP) is 7.13. The molecule has 1 aromatic rings. The average Bonchev–Trinajstić information content (AvgIpc) is 2.67. The molecule has 0 aromatic heterocycles. The zero-order chi connectivity index (χ0) is 23.1. The number of esters is 1. The van der Waals surface area contributed by atoms with E-state index in [4.69, 9.17) is 4.74 Å². The zero-order valence-electron chi connectivity index (χ0n) is 20.1. The van der Waals surface area contributed by atoms with Gasteiger partial charge < -0.3 is 4.74 Å². The summed E-state index contributed by atoms with van der Waals surface area (Å²) in [6, 6.07) is 10.2. The summed E-state index contributed by atoms with van der Waals surface area (Å²) in [5.74, 6) is 0.287. The molecule has 0 heterocycles. The van der Waals surface area contributed by atoms with Crippen LogP contribution in [0.15, 0.2) is 65.5 Å². The maximum absolute atomic E-state index is 13.1. The van der Waals surface area contributed by atoms with Crippen molar-refractivity contribution in [2.24, 2.45) is 10.8 Å². The third-order valence-electron chi connectivity index (χ3n) is 5.63. The molecule has 31 heavy (non-hydrogen) atoms. The Hall–Kier alpha value is -2.42. The van der Waals surface area contributed by atoms with Crippen LogP contribution in [0, 0.1) is 10.8 Å². The molecule has 0 amide bonds. The number of hydrogen-bond acceptors (Lipinski definition) is 3. The van der Waals surface area contributed by atoms with E-state index in [9.17, 15) is 9.59 Å². The smallest absolute Gasteiger partial charge is 0.316 e. The maximum Gasteiger partial charge on any atom is 0.316 e. The molecule has 0 spiro atoms. The molecule has 3 heteroatoms. The molecule has 1 aliphatic rings. The van der Waals surface area contributed by atoms with E-state index < -0.39 is 5.41 Å². The van der Waals surface area contributed by atoms with Crippen molar-refractivity contribution >= 4 is 11.8 Å². The summed E-state index contributed by atoms with van der Waals surface area (Å²) >= 11 is 0. The number of ketones is 1. The van der Waals surface area contributed by atoms with Crippen LogP contribution >= 0.6 is 0 Å². The van der Waals surface area contributed by atoms with Gasteiger partial charge in [-0.1, -0.05) is 61.1 Å². The molecule has 0 aliphatic heterocycles. The lowest BCUT2D eigenvalue weighted by Gasteiger charge is -2.29. The monoisotopic (exact) mass is 422 g/mol. The first kappa shape index (κ1) is 24.8. The van der Waals surface area contributed by atoms with Crippen LogP contribution in [0.2, 0.25) is 0 Å². The minimum absolute atomic E-state index is 0.0682. The average molecular weight is 423 g/mol. The summed E-state index contributed by atoms with van der Waals surface area (Å²) in [5.41, 5.74) is 2.32. The Balaban J connectivity index is 2.21. The van der Waals surface area contributed by atoms with Crippen molar-refractivity contribution in [1.82, 2.24) is 0 Å². The van der Waals surface area contributed by atoms with E-state index >= 15 is 0 Å². The van der Waals surface area contributed by atoms with Gasteiger partial charge in [-0.15, -0.1) is 0 Å². The lowest BCUT2D eigenvalue weighted by Crippen LogP contribution is -2.27. The predicted molar refractivity (Wildman–Crippen MR) is 127 cm³/mol. The second kappa shape index (κ2) is 10.7. The number of allylic oxidation sites excluding steroid dienone is 6. The number of rotatable bonds is 8. The highest BCUT2D eigenvalue weighted by Gasteiger charge is 2.32. The molecule has 0 radical (unpaired) electrons. The van der Waals surface area contributed by atoms with Gasteiger partial charge in [-0.2, -0.15) is 0 Å². The molecule has 1 aliphatic carbocycles. The van der Waals surface area contributed by atoms with Gasteiger partial charge in [-0.05, 0) is 71.3 Å². The molecule has 1 aromatic carbocycles. The number of benzene rings is 1. The van der Waals surface area contributed by atoms with E-state index in [1.54, 1.807) is 0 Å². The van der Waals surface area contributed by atoms with Gasteiger partial charge in [0.05, 0.1) is 11.0 Å². The molecule has 2 rings (SSSR count). The SMILES string of the molecule is CC(C)=CCC[C@]1(C)C=C/C(=C(/CCCc2ccccc2)OC(=O)C(C)(C)C)C(=O)C1. The van der Waals surface area contributed by atoms with Crippen molar-refractivity contribution in [3.8, 4) is 0 Å². The Labute approximate surface area is 188 Å². The summed E-state index contributed by atoms with van der Waals surface area (Å²) in [6.07, 6.45) is 10.8. The Morgan fingerprint density at radius 2 is 1.84 bits per heavy atom. The zero-order valence-corrected chi connectivity index (χ0v) is 20.1. The molecule has 0 bridgehead atoms. The third kappa shape index (κ3) is 7.97. The van der Waals surface area contributed by atoms with Crippen LogP contribution in [-0.4, -0.2) is 11.8 Å². The van der Waals surface area contributed by atoms with Crippen LogP contribution in [0.25, 0.3) is 0 Å². The fraction of sp³-hybridized carbons (Fsp3) is 0.500. The van der Waals surface area contributed by atoms with Crippen LogP contribution in [0.1, 0.15) is 79.2 Å². The highest BCUT2D eigenvalue weighted by Crippen LogP contribution is 2.37. The lowest BCUT2D eigenvalue weighted by molar-refractivity contribution is -0.148. The molecule has 168 valence electrons. The van der Waals surface area contributed by atoms with Crippen LogP contribution in [-0.2, 0) is 20.7 Å². The lowest BCUT2D eigenvalue weighted by atomic mass is 9.75. The van der Waals surface area contributed by atoms with E-state index in [0.717, 1.165) is 25.7 Å². The Morgan fingerprint density at radius 3 is 2.42 bits per heavy atom. The van der Waals surface area contributed by atoms with Gasteiger partial charge >= 0.3 is 5.97 Å². The Morgan fingerprint density at radius 1 is 1.16 bits per heavy atom. The normalized spacial score (nSPS) is 20.4. The summed E-state index contributed by atoms with van der Waals surface area (Å²) < 4.78 is 5.80. The number of ether oxygens (including phenoxy) is 1. The van der Waals surface area contributed by atoms with Gasteiger partial charge in [0.25, 0.3) is 0 Å². The van der Waals surface area contributed by atoms with E-state index in [0.29, 0.717) is 24.2 Å². The summed E-state index contributed by atoms with van der Waals surface area (Å²) in [6.45, 7) is 11.8. The van der Waals surface area contributed by atoms with E-state index in [-0.39, 0.29) is 17.2 Å². The van der Waals surface area contributed by atoms with Crippen LogP contribution in [0.3, 0.4) is 0 Å². The largest absolute Gasteiger partial charge is 0.430 e. The van der Waals surface area contributed by atoms with Crippen molar-refractivity contribution in [2.75, 3.05) is 0 Å². The minimum Gasteiger partial charge on any atom is -0.430 e. The highest BCUT2D eigenvalue weighted by molar-refractivity contribution is 6.00. The quantitative estimate of drug-likeness (QED) is 0.194. The molecular formula is C28H38O3. The number of aryl methyl sites for hydroxylation is 1. The highest BCUT2D eigenvalue weighted by atomic mass is 16.5. The summed E-state index contributed by atoms with van der Waals surface area (Å²) in [4.78, 5) is 25.7. The van der Waals surface area contributed by atoms with Crippen molar-refractivity contribution in [3.63, 3.8) is 0 Å². The molecule has 0 saturated heterocycles. The van der Waals surface area contributed by atoms with E-state index in [1.165, 1.54) is 11.1 Å². The van der Waals surface area contributed by atoms with Crippen molar-refractivity contribution in [3.05, 3.63) is 71.0 Å². The van der Waals surface area contributed by atoms with Gasteiger partial charge in [-0.25, -0.2) is 0 Å². The van der Waals surface area contributed by atoms with Crippen LogP contribution in [0.5, 0.6) is 0 Å². The van der Waals surface area contributed by atoms with Crippen molar-refractivity contribution in [2.45, 2.75) is 80.1 Å². The molecule has 1 atom stereocenters. The summed E-state index contributed by atoms with van der Waals surface area (Å²) in [7, 11) is 0. The maximum atomic E-state index is 13.1. The number of carbonyl (C=O) groups is 2. The van der Waals surface area contributed by atoms with Crippen LogP contribution in [0.4, 0.5) is 0 Å². The first-order valence-corrected chi connectivity index (χ1v) is 11.4. The second-order valence-corrected chi connectivity index (χ2v) is 10.2. The Kier molecular flexibility index (Phi) is 8.61. The molecule has 0 unspecified atom stereocenters. The fourth-order valence-corrected chi connectivity index (χ4v) is 3.61. The number of Topliss-reactive ketones (excluding diaryl/α,β-unsaturated/α-hetero) is 1. The molecule has 0 saturated carbocycles. The Bertz CT molecular complexity index is 861. The summed E-state index contributed by atoms with van der Waals surface area (Å²) in [5, 5.41) is 0. The molecule has 0 N–H and O–H groups in total. The van der Waals surface area contributed by atoms with Gasteiger partial charge in [0.2, 0.25) is 0 Å². The van der Waals surface area contributed by atoms with Gasteiger partial charge in [0.15, 0.2) is 5.78 Å². The third-order valence-corrected chi connectivity index (χ3v) is 5.63. The first-order valence-electron chi connectivity index (χ1n) is 11.4. The molecule has 3 nitrogen and oxygen atoms in total. The second-order valence-electron chi connectivity index (χ2n) is 10.2. The first-order chi connectivity index (χ1) is 14.5. The van der Waals surface area contributed by atoms with Gasteiger partial charge in [-0.3, -0.25) is 9.59 Å².